The number of hydrogen-bond acceptors (Lipinski definition) is 8. The van der Waals surface area contributed by atoms with Crippen molar-refractivity contribution in [3.05, 3.63) is 108 Å². The van der Waals surface area contributed by atoms with Crippen LogP contribution in [0.4, 0.5) is 10.1 Å². The number of nitrogens with one attached hydrogen (secondary N) is 3. The molecule has 3 N–H and O–H groups in total. The van der Waals surface area contributed by atoms with Crippen LogP contribution in [0.2, 0.25) is 0 Å². The van der Waals surface area contributed by atoms with Crippen LogP contribution in [0.15, 0.2) is 91.5 Å². The van der Waals surface area contributed by atoms with E-state index in [4.69, 9.17) is 9.97 Å². The fourth-order valence-corrected chi connectivity index (χ4v) is 5.78. The third-order valence-corrected chi connectivity index (χ3v) is 8.33. The maximum Gasteiger partial charge on any atom is 0.255 e. The molecule has 228 valence electrons. The number of aromatic amines is 2. The van der Waals surface area contributed by atoms with Crippen molar-refractivity contribution in [2.45, 2.75) is 6.42 Å². The van der Waals surface area contributed by atoms with Gasteiger partial charge in [0.15, 0.2) is 11.5 Å². The molecule has 7 rings (SSSR count). The number of aryl methyl sites for hydroxylation is 1. The second-order valence-corrected chi connectivity index (χ2v) is 13.1. The molecule has 0 saturated carbocycles. The quantitative estimate of drug-likeness (QED) is 0.195. The molecule has 13 heteroatoms. The molecule has 2 aromatic carbocycles. The van der Waals surface area contributed by atoms with Gasteiger partial charge in [0.2, 0.25) is 0 Å². The fraction of sp³-hybridized carbons (Fsp3) is 0.0909. The summed E-state index contributed by atoms with van der Waals surface area (Å²) >= 11 is 0. The van der Waals surface area contributed by atoms with Gasteiger partial charge in [-0.05, 0) is 60.0 Å². The van der Waals surface area contributed by atoms with Gasteiger partial charge in [-0.15, -0.1) is 0 Å². The minimum atomic E-state index is -3.21. The minimum absolute atomic E-state index is 0.0885. The molecule has 0 aliphatic heterocycles. The SMILES string of the molecule is CS(=O)(=O)CCc1cc(F)cc(-c2cncc3[nH]c(-c4n[nH]c5ccc(-c6cncc(NC(=O)c7ccccc7)c6)nc45)nc23)c1. The molecule has 0 spiro atoms. The summed E-state index contributed by atoms with van der Waals surface area (Å²) < 4.78 is 38.0. The number of H-pyrrole nitrogens is 2. The molecule has 0 radical (unpaired) electrons. The molecule has 5 aromatic heterocycles. The van der Waals surface area contributed by atoms with Crippen LogP contribution < -0.4 is 5.32 Å². The summed E-state index contributed by atoms with van der Waals surface area (Å²) in [6.07, 6.45) is 7.78. The average molecular weight is 633 g/mol. The van der Waals surface area contributed by atoms with E-state index in [1.54, 1.807) is 61.2 Å². The molecular weight excluding hydrogens is 607 g/mol. The lowest BCUT2D eigenvalue weighted by Gasteiger charge is -2.07. The summed E-state index contributed by atoms with van der Waals surface area (Å²) in [5.74, 6) is -0.394. The molecule has 0 saturated heterocycles. The van der Waals surface area contributed by atoms with Crippen LogP contribution >= 0.6 is 0 Å². The summed E-state index contributed by atoms with van der Waals surface area (Å²) in [7, 11) is -3.21. The number of benzene rings is 2. The fourth-order valence-electron chi connectivity index (χ4n) is 5.18. The van der Waals surface area contributed by atoms with Crippen LogP contribution in [-0.4, -0.2) is 61.5 Å². The first-order valence-electron chi connectivity index (χ1n) is 14.2. The Morgan fingerprint density at radius 1 is 0.870 bits per heavy atom. The number of nitrogens with zero attached hydrogens (tertiary/aromatic N) is 5. The zero-order chi connectivity index (χ0) is 31.8. The van der Waals surface area contributed by atoms with E-state index >= 15 is 0 Å². The summed E-state index contributed by atoms with van der Waals surface area (Å²) in [6, 6.07) is 18.8. The van der Waals surface area contributed by atoms with E-state index < -0.39 is 15.7 Å². The number of hydrogen-bond donors (Lipinski definition) is 3. The molecule has 1 amide bonds. The van der Waals surface area contributed by atoms with Gasteiger partial charge in [0.25, 0.3) is 5.91 Å². The van der Waals surface area contributed by atoms with E-state index in [0.29, 0.717) is 72.8 Å². The highest BCUT2D eigenvalue weighted by Crippen LogP contribution is 2.32. The van der Waals surface area contributed by atoms with E-state index in [1.165, 1.54) is 12.1 Å². The number of amides is 1. The number of carbonyl (C=O) groups excluding carboxylic acids is 1. The highest BCUT2D eigenvalue weighted by atomic mass is 32.2. The van der Waals surface area contributed by atoms with E-state index in [2.05, 4.69) is 30.5 Å². The lowest BCUT2D eigenvalue weighted by Crippen LogP contribution is -2.11. The van der Waals surface area contributed by atoms with Crippen molar-refractivity contribution >= 4 is 43.5 Å². The topological polar surface area (TPSA) is 159 Å². The van der Waals surface area contributed by atoms with Crippen molar-refractivity contribution < 1.29 is 17.6 Å². The van der Waals surface area contributed by atoms with E-state index in [1.807, 2.05) is 18.2 Å². The highest BCUT2D eigenvalue weighted by molar-refractivity contribution is 7.90. The standard InChI is InChI=1S/C33H25FN8O3S/c1-46(44,45)10-9-19-11-21(13-23(34)12-19)25-17-36-18-28-29(25)40-32(39-28)31-30-27(41-42-31)8-7-26(38-30)22-14-24(16-35-15-22)37-33(43)20-5-3-2-4-6-20/h2-8,11-18H,9-10H2,1H3,(H,37,43)(H,39,40)(H,41,42). The first-order valence-corrected chi connectivity index (χ1v) is 16.2. The second kappa shape index (κ2) is 11.6. The largest absolute Gasteiger partial charge is 0.335 e. The zero-order valence-electron chi connectivity index (χ0n) is 24.3. The van der Waals surface area contributed by atoms with Crippen LogP contribution in [0.1, 0.15) is 15.9 Å². The molecule has 0 aliphatic carbocycles. The second-order valence-electron chi connectivity index (χ2n) is 10.8. The van der Waals surface area contributed by atoms with Gasteiger partial charge in [-0.25, -0.2) is 22.8 Å². The zero-order valence-corrected chi connectivity index (χ0v) is 25.1. The molecule has 0 aliphatic rings. The Kier molecular flexibility index (Phi) is 7.29. The number of fused-ring (bicyclic) bond motifs is 2. The van der Waals surface area contributed by atoms with Crippen LogP contribution in [-0.2, 0) is 16.3 Å². The van der Waals surface area contributed by atoms with Crippen molar-refractivity contribution in [2.75, 3.05) is 17.3 Å². The van der Waals surface area contributed by atoms with Crippen molar-refractivity contribution in [3.8, 4) is 33.9 Å². The van der Waals surface area contributed by atoms with Gasteiger partial charge < -0.3 is 10.3 Å². The van der Waals surface area contributed by atoms with Gasteiger partial charge in [0, 0.05) is 35.3 Å². The molecule has 0 bridgehead atoms. The monoisotopic (exact) mass is 632 g/mol. The minimum Gasteiger partial charge on any atom is -0.335 e. The number of carbonyl (C=O) groups is 1. The van der Waals surface area contributed by atoms with E-state index in [9.17, 15) is 17.6 Å². The van der Waals surface area contributed by atoms with Crippen LogP contribution in [0.5, 0.6) is 0 Å². The predicted molar refractivity (Wildman–Crippen MR) is 173 cm³/mol. The number of rotatable bonds is 8. The predicted octanol–water partition coefficient (Wildman–Crippen LogP) is 5.60. The third-order valence-electron chi connectivity index (χ3n) is 7.38. The first kappa shape index (κ1) is 28.9. The first-order chi connectivity index (χ1) is 22.2. The van der Waals surface area contributed by atoms with E-state index in [-0.39, 0.29) is 18.1 Å². The number of anilines is 1. The Hall–Kier alpha value is -5.82. The summed E-state index contributed by atoms with van der Waals surface area (Å²) in [5, 5.41) is 10.3. The summed E-state index contributed by atoms with van der Waals surface area (Å²) in [4.78, 5) is 34.2. The van der Waals surface area contributed by atoms with Crippen molar-refractivity contribution in [1.82, 2.24) is 35.1 Å². The highest BCUT2D eigenvalue weighted by Gasteiger charge is 2.18. The van der Waals surface area contributed by atoms with Crippen LogP contribution in [0, 0.1) is 5.82 Å². The third kappa shape index (κ3) is 5.95. The van der Waals surface area contributed by atoms with Crippen LogP contribution in [0.3, 0.4) is 0 Å². The Balaban J connectivity index is 1.22. The molecule has 0 fully saturated rings. The van der Waals surface area contributed by atoms with Crippen molar-refractivity contribution in [3.63, 3.8) is 0 Å². The molecule has 11 nitrogen and oxygen atoms in total. The Bertz CT molecular complexity index is 2370. The lowest BCUT2D eigenvalue weighted by atomic mass is 10.0. The summed E-state index contributed by atoms with van der Waals surface area (Å²) in [6.45, 7) is 0. The average Bonchev–Trinajstić information content (AvgIpc) is 3.68. The molecule has 5 heterocycles. The summed E-state index contributed by atoms with van der Waals surface area (Å²) in [5.41, 5.74) is 6.86. The van der Waals surface area contributed by atoms with Gasteiger partial charge in [0.1, 0.15) is 21.2 Å². The van der Waals surface area contributed by atoms with Crippen molar-refractivity contribution in [2.24, 2.45) is 0 Å². The van der Waals surface area contributed by atoms with Crippen LogP contribution in [0.25, 0.3) is 56.0 Å². The van der Waals surface area contributed by atoms with Gasteiger partial charge in [-0.3, -0.25) is 19.9 Å². The molecule has 7 aromatic rings. The van der Waals surface area contributed by atoms with Gasteiger partial charge in [0.05, 0.1) is 46.1 Å². The molecule has 0 atom stereocenters. The maximum absolute atomic E-state index is 14.6. The van der Waals surface area contributed by atoms with E-state index in [0.717, 1.165) is 6.26 Å². The lowest BCUT2D eigenvalue weighted by molar-refractivity contribution is 0.102. The number of pyridine rings is 3. The number of sulfone groups is 1. The van der Waals surface area contributed by atoms with Gasteiger partial charge >= 0.3 is 0 Å². The number of aromatic nitrogens is 7. The Morgan fingerprint density at radius 3 is 2.52 bits per heavy atom. The van der Waals surface area contributed by atoms with Crippen molar-refractivity contribution in [1.29, 1.82) is 0 Å². The molecular formula is C33H25FN8O3S. The Labute approximate surface area is 261 Å². The normalized spacial score (nSPS) is 11.7. The van der Waals surface area contributed by atoms with Gasteiger partial charge in [-0.1, -0.05) is 24.3 Å². The maximum atomic E-state index is 14.6. The Morgan fingerprint density at radius 2 is 1.70 bits per heavy atom. The van der Waals surface area contributed by atoms with Gasteiger partial charge in [-0.2, -0.15) is 5.10 Å². The number of imidazole rings is 1. The smallest absolute Gasteiger partial charge is 0.255 e. The number of halogens is 1. The molecule has 46 heavy (non-hydrogen) atoms. The molecule has 0 unspecified atom stereocenters.